The number of para-hydroxylation sites is 1. The predicted molar refractivity (Wildman–Crippen MR) is 121 cm³/mol. The fourth-order valence-electron chi connectivity index (χ4n) is 3.22. The van der Waals surface area contributed by atoms with Crippen molar-refractivity contribution in [2.24, 2.45) is 5.41 Å². The minimum atomic E-state index is -0.667. The molecule has 0 saturated carbocycles. The first kappa shape index (κ1) is 21.6. The van der Waals surface area contributed by atoms with Crippen molar-refractivity contribution >= 4 is 34.3 Å². The van der Waals surface area contributed by atoms with Crippen molar-refractivity contribution in [1.82, 2.24) is 4.90 Å². The Morgan fingerprint density at radius 1 is 1.10 bits per heavy atom. The molecular formula is C22H25N3O4S. The van der Waals surface area contributed by atoms with Gasteiger partial charge in [0, 0.05) is 14.1 Å². The van der Waals surface area contributed by atoms with Gasteiger partial charge < -0.3 is 20.6 Å². The van der Waals surface area contributed by atoms with Crippen molar-refractivity contribution in [2.75, 3.05) is 24.7 Å². The van der Waals surface area contributed by atoms with Gasteiger partial charge in [-0.3, -0.25) is 14.4 Å². The first-order chi connectivity index (χ1) is 14.0. The summed E-state index contributed by atoms with van der Waals surface area (Å²) in [7, 11) is 3.16. The molecule has 0 spiro atoms. The number of carbonyl (C=O) groups is 1. The number of nitrogens with zero attached hydrogens (tertiary/aromatic N) is 1. The number of aromatic hydroxyl groups is 1. The zero-order chi connectivity index (χ0) is 22.2. The van der Waals surface area contributed by atoms with Gasteiger partial charge in [0.2, 0.25) is 0 Å². The number of thiophene rings is 1. The van der Waals surface area contributed by atoms with Crippen molar-refractivity contribution in [3.8, 4) is 5.75 Å². The molecule has 1 atom stereocenters. The Morgan fingerprint density at radius 3 is 2.33 bits per heavy atom. The summed E-state index contributed by atoms with van der Waals surface area (Å²) in [6.07, 6.45) is 0. The van der Waals surface area contributed by atoms with Crippen LogP contribution in [0.1, 0.15) is 42.7 Å². The van der Waals surface area contributed by atoms with E-state index in [1.54, 1.807) is 37.6 Å². The molecule has 7 nitrogen and oxygen atoms in total. The molecular weight excluding hydrogens is 402 g/mol. The Labute approximate surface area is 178 Å². The summed E-state index contributed by atoms with van der Waals surface area (Å²) in [5.74, 6) is -0.648. The maximum atomic E-state index is 12.3. The highest BCUT2D eigenvalue weighted by molar-refractivity contribution is 7.08. The van der Waals surface area contributed by atoms with Crippen LogP contribution in [0.3, 0.4) is 0 Å². The standard InChI is InChI=1S/C22H25N3O4S/c1-22(2,3)20(12-9-10-30-11-12)24-16-15(18(27)19(16)28)23-14-8-6-7-13(17(14)26)21(29)25(4)5/h6-11,20,23-24,26H,1-5H3/t20-/m0/s1. The summed E-state index contributed by atoms with van der Waals surface area (Å²) in [6, 6.07) is 6.43. The van der Waals surface area contributed by atoms with E-state index in [1.165, 1.54) is 11.0 Å². The number of hydrogen-bond donors (Lipinski definition) is 3. The molecule has 0 bridgehead atoms. The molecule has 30 heavy (non-hydrogen) atoms. The van der Waals surface area contributed by atoms with Gasteiger partial charge in [0.15, 0.2) is 5.75 Å². The fourth-order valence-corrected chi connectivity index (χ4v) is 3.91. The van der Waals surface area contributed by atoms with Gasteiger partial charge >= 0.3 is 0 Å². The van der Waals surface area contributed by atoms with Gasteiger partial charge in [-0.25, -0.2) is 0 Å². The molecule has 0 aliphatic carbocycles. The monoisotopic (exact) mass is 427 g/mol. The van der Waals surface area contributed by atoms with Crippen LogP contribution in [0, 0.1) is 5.41 Å². The molecule has 3 aromatic rings. The Balaban J connectivity index is 1.95. The van der Waals surface area contributed by atoms with Gasteiger partial charge in [-0.15, -0.1) is 0 Å². The largest absolute Gasteiger partial charge is 0.505 e. The SMILES string of the molecule is CN(C)C(=O)c1cccc(Nc2c(N[C@@H](c3ccsc3)C(C)(C)C)c(=O)c2=O)c1O. The van der Waals surface area contributed by atoms with Gasteiger partial charge in [0.1, 0.15) is 11.4 Å². The second-order valence-electron chi connectivity index (χ2n) is 8.43. The molecule has 0 fully saturated rings. The van der Waals surface area contributed by atoms with Crippen molar-refractivity contribution in [3.63, 3.8) is 0 Å². The van der Waals surface area contributed by atoms with E-state index >= 15 is 0 Å². The third-order valence-corrected chi connectivity index (χ3v) is 5.58. The van der Waals surface area contributed by atoms with E-state index in [-0.39, 0.29) is 45.7 Å². The van der Waals surface area contributed by atoms with Gasteiger partial charge in [-0.05, 0) is 39.9 Å². The van der Waals surface area contributed by atoms with E-state index in [0.29, 0.717) is 0 Å². The maximum Gasteiger partial charge on any atom is 0.257 e. The van der Waals surface area contributed by atoms with E-state index in [4.69, 9.17) is 0 Å². The molecule has 1 heterocycles. The van der Waals surface area contributed by atoms with Crippen LogP contribution in [0.2, 0.25) is 0 Å². The van der Waals surface area contributed by atoms with Crippen molar-refractivity contribution in [2.45, 2.75) is 26.8 Å². The van der Waals surface area contributed by atoms with Crippen LogP contribution < -0.4 is 21.5 Å². The molecule has 2 aromatic carbocycles. The lowest BCUT2D eigenvalue weighted by molar-refractivity contribution is 0.0824. The number of phenols is 1. The molecule has 0 unspecified atom stereocenters. The normalized spacial score (nSPS) is 12.6. The maximum absolute atomic E-state index is 12.3. The summed E-state index contributed by atoms with van der Waals surface area (Å²) >= 11 is 1.56. The highest BCUT2D eigenvalue weighted by atomic mass is 32.1. The molecule has 0 saturated heterocycles. The summed E-state index contributed by atoms with van der Waals surface area (Å²) in [5, 5.41) is 20.6. The number of amides is 1. The van der Waals surface area contributed by atoms with Gasteiger partial charge in [-0.2, -0.15) is 11.3 Å². The van der Waals surface area contributed by atoms with E-state index in [0.717, 1.165) is 5.56 Å². The summed E-state index contributed by atoms with van der Waals surface area (Å²) in [4.78, 5) is 38.2. The lowest BCUT2D eigenvalue weighted by Crippen LogP contribution is -2.39. The molecule has 0 aliphatic rings. The lowest BCUT2D eigenvalue weighted by Gasteiger charge is -2.33. The number of phenolic OH excluding ortho intramolecular Hbond substituents is 1. The number of rotatable bonds is 6. The van der Waals surface area contributed by atoms with Crippen LogP contribution in [0.5, 0.6) is 5.75 Å². The quantitative estimate of drug-likeness (QED) is 0.410. The molecule has 158 valence electrons. The van der Waals surface area contributed by atoms with E-state index in [2.05, 4.69) is 10.6 Å². The second kappa shape index (κ2) is 7.95. The summed E-state index contributed by atoms with van der Waals surface area (Å²) in [6.45, 7) is 6.13. The van der Waals surface area contributed by atoms with Crippen molar-refractivity contribution < 1.29 is 9.90 Å². The van der Waals surface area contributed by atoms with Gasteiger partial charge in [-0.1, -0.05) is 26.8 Å². The molecule has 0 radical (unpaired) electrons. The number of carbonyl (C=O) groups excluding carboxylic acids is 1. The number of benzene rings is 1. The number of nitrogens with one attached hydrogen (secondary N) is 2. The van der Waals surface area contributed by atoms with Crippen LogP contribution in [0.25, 0.3) is 0 Å². The van der Waals surface area contributed by atoms with Gasteiger partial charge in [0.05, 0.1) is 17.3 Å². The van der Waals surface area contributed by atoms with Crippen LogP contribution >= 0.6 is 11.3 Å². The Morgan fingerprint density at radius 2 is 1.77 bits per heavy atom. The highest BCUT2D eigenvalue weighted by Crippen LogP contribution is 2.38. The highest BCUT2D eigenvalue weighted by Gasteiger charge is 2.31. The minimum absolute atomic E-state index is 0.0780. The van der Waals surface area contributed by atoms with Crippen molar-refractivity contribution in [1.29, 1.82) is 0 Å². The molecule has 8 heteroatoms. The summed E-state index contributed by atoms with van der Waals surface area (Å²) in [5.41, 5.74) is 0.0566. The average molecular weight is 428 g/mol. The third-order valence-electron chi connectivity index (χ3n) is 4.87. The summed E-state index contributed by atoms with van der Waals surface area (Å²) < 4.78 is 0. The Kier molecular flexibility index (Phi) is 5.72. The lowest BCUT2D eigenvalue weighted by atomic mass is 9.83. The molecule has 1 aromatic heterocycles. The smallest absolute Gasteiger partial charge is 0.257 e. The van der Waals surface area contributed by atoms with E-state index < -0.39 is 10.9 Å². The molecule has 3 rings (SSSR count). The average Bonchev–Trinajstić information content (AvgIpc) is 3.20. The van der Waals surface area contributed by atoms with Crippen LogP contribution in [0.15, 0.2) is 44.6 Å². The Bertz CT molecular complexity index is 1140. The fraction of sp³-hybridized carbons (Fsp3) is 0.318. The first-order valence-corrected chi connectivity index (χ1v) is 10.4. The predicted octanol–water partition coefficient (Wildman–Crippen LogP) is 3.69. The number of anilines is 3. The van der Waals surface area contributed by atoms with E-state index in [1.807, 2.05) is 37.6 Å². The topological polar surface area (TPSA) is 98.7 Å². The Hall–Kier alpha value is -3.13. The number of hydrogen-bond acceptors (Lipinski definition) is 7. The minimum Gasteiger partial charge on any atom is -0.505 e. The zero-order valence-electron chi connectivity index (χ0n) is 17.6. The zero-order valence-corrected chi connectivity index (χ0v) is 18.4. The van der Waals surface area contributed by atoms with Crippen molar-refractivity contribution in [3.05, 3.63) is 66.6 Å². The van der Waals surface area contributed by atoms with Gasteiger partial charge in [0.25, 0.3) is 16.8 Å². The first-order valence-electron chi connectivity index (χ1n) is 9.45. The third kappa shape index (κ3) is 3.95. The molecule has 3 N–H and O–H groups in total. The van der Waals surface area contributed by atoms with Crippen LogP contribution in [0.4, 0.5) is 17.1 Å². The molecule has 1 amide bonds. The van der Waals surface area contributed by atoms with E-state index in [9.17, 15) is 19.5 Å². The molecule has 0 aliphatic heterocycles. The van der Waals surface area contributed by atoms with Crippen LogP contribution in [-0.4, -0.2) is 30.0 Å². The van der Waals surface area contributed by atoms with Crippen LogP contribution in [-0.2, 0) is 0 Å². The second-order valence-corrected chi connectivity index (χ2v) is 9.21.